The molecule has 0 aliphatic carbocycles. The maximum atomic E-state index is 10.7. The second kappa shape index (κ2) is 5.79. The van der Waals surface area contributed by atoms with Gasteiger partial charge in [0.15, 0.2) is 0 Å². The Morgan fingerprint density at radius 3 is 2.78 bits per heavy atom. The number of non-ortho nitro benzene ring substituents is 1. The number of nitro groups is 1. The smallest absolute Gasteiger partial charge is 0.270 e. The highest BCUT2D eigenvalue weighted by molar-refractivity contribution is 5.43. The van der Waals surface area contributed by atoms with Crippen molar-refractivity contribution in [2.24, 2.45) is 5.73 Å². The summed E-state index contributed by atoms with van der Waals surface area (Å²) in [6, 6.07) is 4.53. The molecular weight excluding hydrogens is 236 g/mol. The van der Waals surface area contributed by atoms with Crippen molar-refractivity contribution in [3.8, 4) is 5.75 Å². The van der Waals surface area contributed by atoms with Crippen LogP contribution in [-0.4, -0.2) is 24.2 Å². The van der Waals surface area contributed by atoms with Crippen LogP contribution in [0.1, 0.15) is 18.4 Å². The molecule has 2 N–H and O–H groups in total. The largest absolute Gasteiger partial charge is 0.490 e. The number of nitro benzene ring substituents is 1. The SMILES string of the molecule is NCc1cc([N+](=O)[O-])ccc1OC1CCOCC1. The summed E-state index contributed by atoms with van der Waals surface area (Å²) in [7, 11) is 0. The highest BCUT2D eigenvalue weighted by atomic mass is 16.6. The number of nitrogens with two attached hydrogens (primary N) is 1. The maximum absolute atomic E-state index is 10.7. The van der Waals surface area contributed by atoms with Gasteiger partial charge in [0.2, 0.25) is 0 Å². The van der Waals surface area contributed by atoms with Crippen LogP contribution in [0.25, 0.3) is 0 Å². The average molecular weight is 252 g/mol. The normalized spacial score (nSPS) is 16.5. The molecule has 98 valence electrons. The van der Waals surface area contributed by atoms with E-state index >= 15 is 0 Å². The fourth-order valence-electron chi connectivity index (χ4n) is 1.93. The van der Waals surface area contributed by atoms with Gasteiger partial charge in [-0.3, -0.25) is 10.1 Å². The zero-order valence-electron chi connectivity index (χ0n) is 10.0. The minimum atomic E-state index is -0.433. The van der Waals surface area contributed by atoms with Crippen molar-refractivity contribution < 1.29 is 14.4 Å². The van der Waals surface area contributed by atoms with Crippen LogP contribution in [-0.2, 0) is 11.3 Å². The molecule has 0 bridgehead atoms. The van der Waals surface area contributed by atoms with E-state index in [0.717, 1.165) is 12.8 Å². The van der Waals surface area contributed by atoms with Gasteiger partial charge in [0, 0.05) is 37.1 Å². The Morgan fingerprint density at radius 2 is 2.17 bits per heavy atom. The Bertz CT molecular complexity index is 430. The summed E-state index contributed by atoms with van der Waals surface area (Å²) in [6.45, 7) is 1.60. The Balaban J connectivity index is 2.13. The van der Waals surface area contributed by atoms with E-state index in [9.17, 15) is 10.1 Å². The topological polar surface area (TPSA) is 87.6 Å². The molecule has 18 heavy (non-hydrogen) atoms. The Hall–Kier alpha value is -1.66. The molecule has 0 amide bonds. The lowest BCUT2D eigenvalue weighted by atomic mass is 10.1. The second-order valence-electron chi connectivity index (χ2n) is 4.18. The summed E-state index contributed by atoms with van der Waals surface area (Å²) < 4.78 is 11.1. The van der Waals surface area contributed by atoms with Gasteiger partial charge in [0.05, 0.1) is 18.1 Å². The van der Waals surface area contributed by atoms with Gasteiger partial charge in [-0.25, -0.2) is 0 Å². The number of hydrogen-bond donors (Lipinski definition) is 1. The molecular formula is C12H16N2O4. The first-order chi connectivity index (χ1) is 8.70. The highest BCUT2D eigenvalue weighted by Crippen LogP contribution is 2.26. The van der Waals surface area contributed by atoms with Crippen LogP contribution in [0.2, 0.25) is 0 Å². The van der Waals surface area contributed by atoms with E-state index < -0.39 is 4.92 Å². The minimum absolute atomic E-state index is 0.0368. The summed E-state index contributed by atoms with van der Waals surface area (Å²) >= 11 is 0. The van der Waals surface area contributed by atoms with Crippen LogP contribution < -0.4 is 10.5 Å². The Morgan fingerprint density at radius 1 is 1.44 bits per heavy atom. The number of ether oxygens (including phenoxy) is 2. The predicted octanol–water partition coefficient (Wildman–Crippen LogP) is 1.61. The van der Waals surface area contributed by atoms with E-state index in [1.54, 1.807) is 6.07 Å². The van der Waals surface area contributed by atoms with E-state index in [0.29, 0.717) is 24.5 Å². The molecule has 1 fully saturated rings. The van der Waals surface area contributed by atoms with Crippen molar-refractivity contribution in [1.29, 1.82) is 0 Å². The molecule has 0 unspecified atom stereocenters. The Labute approximate surface area is 105 Å². The third kappa shape index (κ3) is 2.96. The van der Waals surface area contributed by atoms with Crippen LogP contribution in [0, 0.1) is 10.1 Å². The molecule has 0 aromatic heterocycles. The van der Waals surface area contributed by atoms with E-state index in [4.69, 9.17) is 15.2 Å². The van der Waals surface area contributed by atoms with E-state index in [2.05, 4.69) is 0 Å². The molecule has 0 radical (unpaired) electrons. The van der Waals surface area contributed by atoms with E-state index in [-0.39, 0.29) is 18.3 Å². The van der Waals surface area contributed by atoms with Gasteiger partial charge in [0.1, 0.15) is 11.9 Å². The second-order valence-corrected chi connectivity index (χ2v) is 4.18. The molecule has 1 aromatic carbocycles. The summed E-state index contributed by atoms with van der Waals surface area (Å²) in [6.07, 6.45) is 1.77. The van der Waals surface area contributed by atoms with E-state index in [1.807, 2.05) is 0 Å². The molecule has 0 spiro atoms. The van der Waals surface area contributed by atoms with Gasteiger partial charge in [-0.05, 0) is 6.07 Å². The molecule has 1 saturated heterocycles. The summed E-state index contributed by atoms with van der Waals surface area (Å²) in [4.78, 5) is 10.2. The standard InChI is InChI=1S/C12H16N2O4/c13-8-9-7-10(14(15)16)1-2-12(9)18-11-3-5-17-6-4-11/h1-2,7,11H,3-6,8,13H2. The van der Waals surface area contributed by atoms with E-state index in [1.165, 1.54) is 12.1 Å². The number of rotatable bonds is 4. The Kier molecular flexibility index (Phi) is 4.11. The van der Waals surface area contributed by atoms with Crippen LogP contribution in [0.4, 0.5) is 5.69 Å². The molecule has 1 heterocycles. The third-order valence-corrected chi connectivity index (χ3v) is 2.94. The maximum Gasteiger partial charge on any atom is 0.270 e. The van der Waals surface area contributed by atoms with Crippen molar-refractivity contribution in [2.45, 2.75) is 25.5 Å². The summed E-state index contributed by atoms with van der Waals surface area (Å²) in [5.74, 6) is 0.634. The third-order valence-electron chi connectivity index (χ3n) is 2.94. The number of nitrogens with zero attached hydrogens (tertiary/aromatic N) is 1. The van der Waals surface area contributed by atoms with Crippen LogP contribution >= 0.6 is 0 Å². The molecule has 6 nitrogen and oxygen atoms in total. The molecule has 2 rings (SSSR count). The van der Waals surface area contributed by atoms with Crippen molar-refractivity contribution >= 4 is 5.69 Å². The van der Waals surface area contributed by atoms with Gasteiger partial charge in [-0.15, -0.1) is 0 Å². The lowest BCUT2D eigenvalue weighted by Gasteiger charge is -2.24. The van der Waals surface area contributed by atoms with Crippen molar-refractivity contribution in [3.63, 3.8) is 0 Å². The highest BCUT2D eigenvalue weighted by Gasteiger charge is 2.18. The lowest BCUT2D eigenvalue weighted by Crippen LogP contribution is -2.26. The van der Waals surface area contributed by atoms with Gasteiger partial charge in [-0.2, -0.15) is 0 Å². The van der Waals surface area contributed by atoms with Crippen LogP contribution in [0.3, 0.4) is 0 Å². The fourth-order valence-corrected chi connectivity index (χ4v) is 1.93. The lowest BCUT2D eigenvalue weighted by molar-refractivity contribution is -0.384. The van der Waals surface area contributed by atoms with Crippen LogP contribution in [0.15, 0.2) is 18.2 Å². The van der Waals surface area contributed by atoms with Crippen LogP contribution in [0.5, 0.6) is 5.75 Å². The monoisotopic (exact) mass is 252 g/mol. The predicted molar refractivity (Wildman–Crippen MR) is 65.5 cm³/mol. The summed E-state index contributed by atoms with van der Waals surface area (Å²) in [5.41, 5.74) is 6.30. The molecule has 1 aromatic rings. The average Bonchev–Trinajstić information content (AvgIpc) is 2.40. The van der Waals surface area contributed by atoms with Gasteiger partial charge in [0.25, 0.3) is 5.69 Å². The number of hydrogen-bond acceptors (Lipinski definition) is 5. The first-order valence-corrected chi connectivity index (χ1v) is 5.92. The van der Waals surface area contributed by atoms with Crippen molar-refractivity contribution in [2.75, 3.05) is 13.2 Å². The van der Waals surface area contributed by atoms with Crippen molar-refractivity contribution in [1.82, 2.24) is 0 Å². The molecule has 0 saturated carbocycles. The molecule has 6 heteroatoms. The first kappa shape index (κ1) is 12.8. The zero-order valence-corrected chi connectivity index (χ0v) is 10.0. The minimum Gasteiger partial charge on any atom is -0.490 e. The number of benzene rings is 1. The van der Waals surface area contributed by atoms with Crippen molar-refractivity contribution in [3.05, 3.63) is 33.9 Å². The molecule has 0 atom stereocenters. The first-order valence-electron chi connectivity index (χ1n) is 5.92. The fraction of sp³-hybridized carbons (Fsp3) is 0.500. The zero-order chi connectivity index (χ0) is 13.0. The van der Waals surface area contributed by atoms with Gasteiger partial charge < -0.3 is 15.2 Å². The molecule has 1 aliphatic rings. The quantitative estimate of drug-likeness (QED) is 0.649. The van der Waals surface area contributed by atoms with Gasteiger partial charge in [-0.1, -0.05) is 0 Å². The summed E-state index contributed by atoms with van der Waals surface area (Å²) in [5, 5.41) is 10.7. The van der Waals surface area contributed by atoms with Gasteiger partial charge >= 0.3 is 0 Å². The molecule has 1 aliphatic heterocycles.